The lowest BCUT2D eigenvalue weighted by Gasteiger charge is -2.10. The first-order valence-corrected chi connectivity index (χ1v) is 6.93. The van der Waals surface area contributed by atoms with Gasteiger partial charge in [0.2, 0.25) is 0 Å². The minimum Gasteiger partial charge on any atom is -0.294 e. The van der Waals surface area contributed by atoms with Crippen molar-refractivity contribution in [1.82, 2.24) is 0 Å². The summed E-state index contributed by atoms with van der Waals surface area (Å²) in [5, 5.41) is 0. The predicted octanol–water partition coefficient (Wildman–Crippen LogP) is 4.77. The summed E-state index contributed by atoms with van der Waals surface area (Å²) in [5.74, 6) is -2.24. The van der Waals surface area contributed by atoms with Gasteiger partial charge in [-0.2, -0.15) is 0 Å². The molecule has 0 fully saturated rings. The van der Waals surface area contributed by atoms with Gasteiger partial charge in [-0.3, -0.25) is 4.79 Å². The molecule has 2 aromatic carbocycles. The second kappa shape index (κ2) is 5.83. The van der Waals surface area contributed by atoms with Crippen molar-refractivity contribution in [2.24, 2.45) is 0 Å². The van der Waals surface area contributed by atoms with Gasteiger partial charge in [0.25, 0.3) is 0 Å². The van der Waals surface area contributed by atoms with Crippen LogP contribution in [0, 0.1) is 25.5 Å². The molecule has 0 saturated carbocycles. The van der Waals surface area contributed by atoms with Gasteiger partial charge in [-0.1, -0.05) is 18.2 Å². The number of carbonyl (C=O) groups is 1. The van der Waals surface area contributed by atoms with Crippen LogP contribution < -0.4 is 0 Å². The van der Waals surface area contributed by atoms with Gasteiger partial charge >= 0.3 is 0 Å². The lowest BCUT2D eigenvalue weighted by Crippen LogP contribution is -2.08. The monoisotopic (exact) mass is 338 g/mol. The van der Waals surface area contributed by atoms with E-state index in [0.717, 1.165) is 22.8 Å². The first-order chi connectivity index (χ1) is 9.41. The molecule has 0 atom stereocenters. The maximum Gasteiger partial charge on any atom is 0.173 e. The topological polar surface area (TPSA) is 17.1 Å². The molecule has 4 heteroatoms. The number of hydrogen-bond donors (Lipinski definition) is 0. The van der Waals surface area contributed by atoms with Gasteiger partial charge in [-0.25, -0.2) is 8.78 Å². The highest BCUT2D eigenvalue weighted by Crippen LogP contribution is 2.25. The molecule has 0 spiro atoms. The fourth-order valence-corrected chi connectivity index (χ4v) is 2.67. The molecule has 0 aliphatic rings. The normalized spacial score (nSPS) is 10.7. The molecule has 104 valence electrons. The Kier molecular flexibility index (Phi) is 4.33. The van der Waals surface area contributed by atoms with Gasteiger partial charge in [0.05, 0.1) is 4.47 Å². The smallest absolute Gasteiger partial charge is 0.173 e. The van der Waals surface area contributed by atoms with E-state index in [1.165, 1.54) is 6.07 Å². The van der Waals surface area contributed by atoms with Gasteiger partial charge in [-0.05, 0) is 58.6 Å². The molecule has 20 heavy (non-hydrogen) atoms. The van der Waals surface area contributed by atoms with Crippen LogP contribution in [0.1, 0.15) is 27.0 Å². The van der Waals surface area contributed by atoms with E-state index in [1.54, 1.807) is 0 Å². The fraction of sp³-hybridized carbons (Fsp3) is 0.188. The maximum atomic E-state index is 13.5. The van der Waals surface area contributed by atoms with Gasteiger partial charge in [0.15, 0.2) is 17.4 Å². The average Bonchev–Trinajstić information content (AvgIpc) is 2.40. The Bertz CT molecular complexity index is 660. The number of Topliss-reactive ketones (excluding diaryl/α,β-unsaturated/α-hetero) is 1. The molecule has 0 aliphatic heterocycles. The maximum absolute atomic E-state index is 13.5. The van der Waals surface area contributed by atoms with E-state index in [2.05, 4.69) is 15.9 Å². The lowest BCUT2D eigenvalue weighted by atomic mass is 9.95. The van der Waals surface area contributed by atoms with Crippen molar-refractivity contribution in [3.8, 4) is 0 Å². The molecule has 1 nitrogen and oxygen atoms in total. The molecule has 0 aliphatic carbocycles. The van der Waals surface area contributed by atoms with Crippen LogP contribution in [0.25, 0.3) is 0 Å². The molecule has 0 aromatic heterocycles. The van der Waals surface area contributed by atoms with Crippen molar-refractivity contribution in [2.45, 2.75) is 20.3 Å². The van der Waals surface area contributed by atoms with Crippen LogP contribution in [0.2, 0.25) is 0 Å². The molecular formula is C16H13BrF2O. The van der Waals surface area contributed by atoms with E-state index in [0.29, 0.717) is 0 Å². The van der Waals surface area contributed by atoms with Crippen molar-refractivity contribution in [3.05, 3.63) is 68.7 Å². The molecule has 2 aromatic rings. The molecule has 2 rings (SSSR count). The second-order valence-electron chi connectivity index (χ2n) is 4.69. The van der Waals surface area contributed by atoms with Crippen LogP contribution in [0.4, 0.5) is 8.78 Å². The summed E-state index contributed by atoms with van der Waals surface area (Å²) in [7, 11) is 0. The van der Waals surface area contributed by atoms with Crippen molar-refractivity contribution in [1.29, 1.82) is 0 Å². The van der Waals surface area contributed by atoms with E-state index < -0.39 is 11.6 Å². The van der Waals surface area contributed by atoms with Crippen LogP contribution in [0.5, 0.6) is 0 Å². The van der Waals surface area contributed by atoms with Crippen LogP contribution in [0.15, 0.2) is 34.8 Å². The fourth-order valence-electron chi connectivity index (χ4n) is 2.12. The van der Waals surface area contributed by atoms with Crippen molar-refractivity contribution >= 4 is 21.7 Å². The van der Waals surface area contributed by atoms with Crippen molar-refractivity contribution < 1.29 is 13.6 Å². The third-order valence-electron chi connectivity index (χ3n) is 3.32. The number of carbonyl (C=O) groups excluding carboxylic acids is 1. The Labute approximate surface area is 124 Å². The van der Waals surface area contributed by atoms with Gasteiger partial charge < -0.3 is 0 Å². The van der Waals surface area contributed by atoms with E-state index in [9.17, 15) is 13.6 Å². The minimum absolute atomic E-state index is 0.117. The van der Waals surface area contributed by atoms with Crippen LogP contribution >= 0.6 is 15.9 Å². The highest BCUT2D eigenvalue weighted by atomic mass is 79.9. The largest absolute Gasteiger partial charge is 0.294 e. The van der Waals surface area contributed by atoms with Crippen LogP contribution in [-0.2, 0) is 6.42 Å². The predicted molar refractivity (Wildman–Crippen MR) is 78.0 cm³/mol. The number of aryl methyl sites for hydroxylation is 2. The summed E-state index contributed by atoms with van der Waals surface area (Å²) >= 11 is 2.95. The van der Waals surface area contributed by atoms with Gasteiger partial charge in [0.1, 0.15) is 0 Å². The van der Waals surface area contributed by atoms with Gasteiger partial charge in [-0.15, -0.1) is 0 Å². The summed E-state index contributed by atoms with van der Waals surface area (Å²) < 4.78 is 26.4. The Balaban J connectivity index is 2.36. The Morgan fingerprint density at radius 1 is 1.10 bits per heavy atom. The first kappa shape index (κ1) is 14.9. The highest BCUT2D eigenvalue weighted by molar-refractivity contribution is 9.10. The van der Waals surface area contributed by atoms with E-state index >= 15 is 0 Å². The Morgan fingerprint density at radius 3 is 2.30 bits per heavy atom. The summed E-state index contributed by atoms with van der Waals surface area (Å²) in [5.41, 5.74) is 3.11. The van der Waals surface area contributed by atoms with E-state index in [-0.39, 0.29) is 22.2 Å². The molecule has 0 N–H and O–H groups in total. The summed E-state index contributed by atoms with van der Waals surface area (Å²) in [4.78, 5) is 12.3. The second-order valence-corrected chi connectivity index (χ2v) is 5.49. The van der Waals surface area contributed by atoms with Crippen LogP contribution in [-0.4, -0.2) is 5.78 Å². The quantitative estimate of drug-likeness (QED) is 0.582. The Morgan fingerprint density at radius 2 is 1.70 bits per heavy atom. The number of benzene rings is 2. The third kappa shape index (κ3) is 2.80. The minimum atomic E-state index is -1.03. The molecular weight excluding hydrogens is 326 g/mol. The highest BCUT2D eigenvalue weighted by Gasteiger charge is 2.18. The lowest BCUT2D eigenvalue weighted by molar-refractivity contribution is 0.0991. The third-order valence-corrected chi connectivity index (χ3v) is 4.09. The van der Waals surface area contributed by atoms with E-state index in [1.807, 2.05) is 32.0 Å². The first-order valence-electron chi connectivity index (χ1n) is 6.13. The zero-order chi connectivity index (χ0) is 14.9. The summed E-state index contributed by atoms with van der Waals surface area (Å²) in [6.45, 7) is 3.85. The molecule has 0 unspecified atom stereocenters. The zero-order valence-corrected chi connectivity index (χ0v) is 12.7. The van der Waals surface area contributed by atoms with Crippen molar-refractivity contribution in [3.63, 3.8) is 0 Å². The number of rotatable bonds is 3. The zero-order valence-electron chi connectivity index (χ0n) is 11.1. The molecule has 0 heterocycles. The van der Waals surface area contributed by atoms with Crippen LogP contribution in [0.3, 0.4) is 0 Å². The Hall–Kier alpha value is -1.55. The standard InChI is InChI=1S/C16H13BrF2O/c1-9-4-3-5-10(2)12(9)8-14(20)11-6-7-13(18)16(19)15(11)17/h3-7H,8H2,1-2H3. The van der Waals surface area contributed by atoms with Gasteiger partial charge in [0, 0.05) is 12.0 Å². The average molecular weight is 339 g/mol. The molecule has 0 amide bonds. The van der Waals surface area contributed by atoms with E-state index in [4.69, 9.17) is 0 Å². The number of ketones is 1. The molecule has 0 saturated heterocycles. The molecule has 0 bridgehead atoms. The molecule has 0 radical (unpaired) electrons. The SMILES string of the molecule is Cc1cccc(C)c1CC(=O)c1ccc(F)c(F)c1Br. The number of hydrogen-bond acceptors (Lipinski definition) is 1. The summed E-state index contributed by atoms with van der Waals surface area (Å²) in [6.07, 6.45) is 0.169. The number of halogens is 3. The van der Waals surface area contributed by atoms with Crippen molar-refractivity contribution in [2.75, 3.05) is 0 Å². The summed E-state index contributed by atoms with van der Waals surface area (Å²) in [6, 6.07) is 8.05.